The number of benzene rings is 2. The fourth-order valence-corrected chi connectivity index (χ4v) is 6.40. The fraction of sp³-hybridized carbons (Fsp3) is 0.154. The number of thioether (sulfide) groups is 1. The molecule has 0 saturated carbocycles. The normalized spacial score (nSPS) is 14.8. The van der Waals surface area contributed by atoms with Crippen molar-refractivity contribution in [2.75, 3.05) is 11.9 Å². The molecule has 0 bridgehead atoms. The van der Waals surface area contributed by atoms with Crippen molar-refractivity contribution in [3.8, 4) is 0 Å². The SMILES string of the molecule is CCn1c(=O)/c(=C2\Sc3ccccc3N2C)s/c1=C\c1cccc[n+]1Cc1ccccc1.[Cl-]. The Hall–Kier alpha value is -2.80. The molecule has 0 spiro atoms. The van der Waals surface area contributed by atoms with Gasteiger partial charge in [-0.15, -0.1) is 11.3 Å². The Balaban J connectivity index is 0.00000259. The molecule has 1 aliphatic rings. The fourth-order valence-electron chi connectivity index (χ4n) is 3.94. The number of hydrogen-bond acceptors (Lipinski definition) is 4. The number of nitrogens with zero attached hydrogens (tertiary/aromatic N) is 3. The van der Waals surface area contributed by atoms with Crippen LogP contribution in [0.4, 0.5) is 5.69 Å². The summed E-state index contributed by atoms with van der Waals surface area (Å²) < 4.78 is 5.87. The van der Waals surface area contributed by atoms with E-state index < -0.39 is 0 Å². The number of aromatic nitrogens is 2. The van der Waals surface area contributed by atoms with Crippen LogP contribution >= 0.6 is 23.1 Å². The van der Waals surface area contributed by atoms with Gasteiger partial charge in [0.25, 0.3) is 5.56 Å². The summed E-state index contributed by atoms with van der Waals surface area (Å²) in [5, 5.41) is 1.01. The Bertz CT molecular complexity index is 1460. The van der Waals surface area contributed by atoms with Crippen molar-refractivity contribution in [2.24, 2.45) is 0 Å². The third-order valence-corrected chi connectivity index (χ3v) is 8.09. The van der Waals surface area contributed by atoms with E-state index in [-0.39, 0.29) is 18.0 Å². The van der Waals surface area contributed by atoms with Gasteiger partial charge in [-0.05, 0) is 25.1 Å². The van der Waals surface area contributed by atoms with Crippen LogP contribution in [0, 0.1) is 0 Å². The molecular weight excluding hydrogens is 470 g/mol. The Morgan fingerprint density at radius 2 is 1.70 bits per heavy atom. The molecule has 1 aliphatic heterocycles. The summed E-state index contributed by atoms with van der Waals surface area (Å²) >= 11 is 3.25. The van der Waals surface area contributed by atoms with Gasteiger partial charge in [-0.25, -0.2) is 0 Å². The number of rotatable bonds is 4. The minimum Gasteiger partial charge on any atom is -1.00 e. The molecule has 0 saturated heterocycles. The molecule has 4 nitrogen and oxygen atoms in total. The number of fused-ring (bicyclic) bond motifs is 1. The average molecular weight is 494 g/mol. The molecule has 5 rings (SSSR count). The van der Waals surface area contributed by atoms with Crippen LogP contribution in [0.5, 0.6) is 0 Å². The molecule has 33 heavy (non-hydrogen) atoms. The standard InChI is InChI=1S/C26H24N3OS2.ClH/c1-3-29-23(17-20-13-9-10-16-28(20)18-19-11-5-4-6-12-19)32-24(25(29)30)26-27(2)21-14-7-8-15-22(21)31-26;/h4-17H,3,18H2,1-2H3;1H/q+1;/p-1/b26-24+;. The van der Waals surface area contributed by atoms with Crippen molar-refractivity contribution in [2.45, 2.75) is 24.9 Å². The van der Waals surface area contributed by atoms with E-state index in [9.17, 15) is 4.79 Å². The lowest BCUT2D eigenvalue weighted by Crippen LogP contribution is -3.00. The predicted octanol–water partition coefficient (Wildman–Crippen LogP) is 0.406. The summed E-state index contributed by atoms with van der Waals surface area (Å²) in [6.45, 7) is 3.46. The molecular formula is C26H24ClN3OS2. The first-order valence-electron chi connectivity index (χ1n) is 10.6. The molecule has 0 fully saturated rings. The largest absolute Gasteiger partial charge is 1.00 e. The van der Waals surface area contributed by atoms with Gasteiger partial charge < -0.3 is 17.3 Å². The van der Waals surface area contributed by atoms with Gasteiger partial charge in [0.1, 0.15) is 14.2 Å². The second-order valence-electron chi connectivity index (χ2n) is 7.64. The second kappa shape index (κ2) is 10.00. The third-order valence-electron chi connectivity index (χ3n) is 5.60. The van der Waals surface area contributed by atoms with Crippen LogP contribution in [-0.4, -0.2) is 11.6 Å². The molecule has 2 aromatic heterocycles. The molecule has 168 valence electrons. The molecule has 0 radical (unpaired) electrons. The zero-order chi connectivity index (χ0) is 22.1. The van der Waals surface area contributed by atoms with E-state index in [0.717, 1.165) is 32.2 Å². The van der Waals surface area contributed by atoms with Gasteiger partial charge in [0.15, 0.2) is 12.7 Å². The van der Waals surface area contributed by atoms with E-state index in [1.165, 1.54) is 10.5 Å². The lowest BCUT2D eigenvalue weighted by atomic mass is 10.2. The Labute approximate surface area is 207 Å². The van der Waals surface area contributed by atoms with E-state index in [1.807, 2.05) is 48.9 Å². The number of pyridine rings is 1. The summed E-state index contributed by atoms with van der Waals surface area (Å²) in [5.41, 5.74) is 3.55. The summed E-state index contributed by atoms with van der Waals surface area (Å²) in [6, 6.07) is 24.9. The van der Waals surface area contributed by atoms with Gasteiger partial charge in [-0.3, -0.25) is 9.36 Å². The van der Waals surface area contributed by atoms with Crippen LogP contribution in [0.25, 0.3) is 11.1 Å². The highest BCUT2D eigenvalue weighted by atomic mass is 35.5. The monoisotopic (exact) mass is 493 g/mol. The lowest BCUT2D eigenvalue weighted by molar-refractivity contribution is -0.690. The summed E-state index contributed by atoms with van der Waals surface area (Å²) in [5.74, 6) is 0. The molecule has 3 heterocycles. The molecule has 0 N–H and O–H groups in total. The zero-order valence-corrected chi connectivity index (χ0v) is 20.8. The van der Waals surface area contributed by atoms with Crippen LogP contribution in [0.2, 0.25) is 0 Å². The maximum atomic E-state index is 13.4. The van der Waals surface area contributed by atoms with Gasteiger partial charge >= 0.3 is 0 Å². The van der Waals surface area contributed by atoms with Gasteiger partial charge in [0, 0.05) is 42.3 Å². The van der Waals surface area contributed by atoms with Crippen LogP contribution in [0.1, 0.15) is 18.2 Å². The first kappa shape index (κ1) is 23.4. The maximum absolute atomic E-state index is 13.4. The molecule has 0 unspecified atom stereocenters. The first-order chi connectivity index (χ1) is 15.7. The van der Waals surface area contributed by atoms with Gasteiger partial charge in [-0.1, -0.05) is 54.2 Å². The highest BCUT2D eigenvalue weighted by Gasteiger charge is 2.24. The van der Waals surface area contributed by atoms with Crippen molar-refractivity contribution >= 4 is 39.9 Å². The van der Waals surface area contributed by atoms with Crippen molar-refractivity contribution in [1.29, 1.82) is 0 Å². The first-order valence-corrected chi connectivity index (χ1v) is 12.3. The number of para-hydroxylation sites is 1. The van der Waals surface area contributed by atoms with Crippen molar-refractivity contribution < 1.29 is 17.0 Å². The van der Waals surface area contributed by atoms with E-state index in [2.05, 4.69) is 64.2 Å². The van der Waals surface area contributed by atoms with E-state index in [1.54, 1.807) is 23.1 Å². The van der Waals surface area contributed by atoms with Crippen LogP contribution in [-0.2, 0) is 13.1 Å². The van der Waals surface area contributed by atoms with Crippen LogP contribution in [0.15, 0.2) is 88.7 Å². The number of halogens is 1. The summed E-state index contributed by atoms with van der Waals surface area (Å²) in [4.78, 5) is 16.7. The topological polar surface area (TPSA) is 29.1 Å². The molecule has 0 atom stereocenters. The van der Waals surface area contributed by atoms with E-state index in [0.29, 0.717) is 6.54 Å². The molecule has 0 amide bonds. The highest BCUT2D eigenvalue weighted by Crippen LogP contribution is 2.44. The zero-order valence-electron chi connectivity index (χ0n) is 18.4. The third kappa shape index (κ3) is 4.51. The number of hydrogen-bond donors (Lipinski definition) is 0. The van der Waals surface area contributed by atoms with Gasteiger partial charge in [0.05, 0.1) is 5.69 Å². The molecule has 4 aromatic rings. The van der Waals surface area contributed by atoms with Crippen LogP contribution in [0.3, 0.4) is 0 Å². The minimum atomic E-state index is 0. The van der Waals surface area contributed by atoms with Crippen molar-refractivity contribution in [1.82, 2.24) is 4.57 Å². The maximum Gasteiger partial charge on any atom is 0.271 e. The highest BCUT2D eigenvalue weighted by molar-refractivity contribution is 8.08. The van der Waals surface area contributed by atoms with Gasteiger partial charge in [0.2, 0.25) is 5.69 Å². The number of anilines is 1. The second-order valence-corrected chi connectivity index (χ2v) is 9.70. The lowest BCUT2D eigenvalue weighted by Gasteiger charge is -2.11. The minimum absolute atomic E-state index is 0. The van der Waals surface area contributed by atoms with Crippen molar-refractivity contribution in [3.63, 3.8) is 0 Å². The Morgan fingerprint density at radius 1 is 0.970 bits per heavy atom. The van der Waals surface area contributed by atoms with E-state index in [4.69, 9.17) is 0 Å². The summed E-state index contributed by atoms with van der Waals surface area (Å²) in [7, 11) is 2.04. The van der Waals surface area contributed by atoms with Crippen molar-refractivity contribution in [3.05, 3.63) is 110 Å². The average Bonchev–Trinajstić information content (AvgIpc) is 3.32. The molecule has 0 aliphatic carbocycles. The Morgan fingerprint density at radius 3 is 2.45 bits per heavy atom. The summed E-state index contributed by atoms with van der Waals surface area (Å²) in [6.07, 6.45) is 4.23. The Kier molecular flexibility index (Phi) is 7.08. The predicted molar refractivity (Wildman–Crippen MR) is 133 cm³/mol. The van der Waals surface area contributed by atoms with E-state index >= 15 is 0 Å². The van der Waals surface area contributed by atoms with Gasteiger partial charge in [-0.2, -0.15) is 4.57 Å². The molecule has 7 heteroatoms. The number of thiazole rings is 1. The van der Waals surface area contributed by atoms with Crippen LogP contribution < -0.4 is 36.6 Å². The quantitative estimate of drug-likeness (QED) is 0.386. The molecule has 2 aromatic carbocycles. The smallest absolute Gasteiger partial charge is 0.271 e.